The van der Waals surface area contributed by atoms with Gasteiger partial charge in [-0.1, -0.05) is 31.4 Å². The molecule has 1 aliphatic heterocycles. The first-order valence-corrected chi connectivity index (χ1v) is 13.4. The lowest BCUT2D eigenvalue weighted by molar-refractivity contribution is -0.123. The van der Waals surface area contributed by atoms with Crippen LogP contribution in [0.5, 0.6) is 0 Å². The van der Waals surface area contributed by atoms with Gasteiger partial charge < -0.3 is 20.1 Å². The van der Waals surface area contributed by atoms with E-state index in [4.69, 9.17) is 10.4 Å². The minimum Gasteiger partial charge on any atom is -0.391 e. The van der Waals surface area contributed by atoms with E-state index in [1.807, 2.05) is 42.4 Å². The smallest absolute Gasteiger partial charge is 0.247 e. The topological polar surface area (TPSA) is 110 Å². The van der Waals surface area contributed by atoms with Gasteiger partial charge in [-0.25, -0.2) is 4.39 Å². The van der Waals surface area contributed by atoms with E-state index in [0.717, 1.165) is 49.7 Å². The van der Waals surface area contributed by atoms with Gasteiger partial charge in [-0.2, -0.15) is 5.26 Å². The second-order valence-corrected chi connectivity index (χ2v) is 10.5. The van der Waals surface area contributed by atoms with Crippen LogP contribution in [0, 0.1) is 17.3 Å². The Hall–Kier alpha value is -3.51. The molecule has 3 unspecified atom stereocenters. The Kier molecular flexibility index (Phi) is 9.29. The van der Waals surface area contributed by atoms with Gasteiger partial charge in [-0.05, 0) is 55.4 Å². The maximum Gasteiger partial charge on any atom is 0.247 e. The zero-order valence-corrected chi connectivity index (χ0v) is 21.8. The van der Waals surface area contributed by atoms with Crippen LogP contribution < -0.4 is 10.2 Å². The standard InChI is InChI=1S/C23H28FN3O.C6H8N2O2/c1-27(19-11-12-20(16-9-10-16)21(24)14-19)22(17-6-5-13-25-15-17)23(28)26-18-7-3-2-4-8-18;7-4-8-2-6(10)1-5(8)3-9/h5-6,11-16,18,22H,2-4,7-10H2,1H3,(H,26,28);3,5-6,10H,1-2H2. The highest BCUT2D eigenvalue weighted by atomic mass is 19.1. The summed E-state index contributed by atoms with van der Waals surface area (Å²) >= 11 is 0. The molecular formula is C29H36FN5O3. The number of aromatic nitrogens is 1. The molecule has 38 heavy (non-hydrogen) atoms. The van der Waals surface area contributed by atoms with Crippen molar-refractivity contribution in [1.82, 2.24) is 15.2 Å². The number of anilines is 1. The first-order valence-electron chi connectivity index (χ1n) is 13.4. The number of nitrogens with zero attached hydrogens (tertiary/aromatic N) is 4. The summed E-state index contributed by atoms with van der Waals surface area (Å²) in [5.41, 5.74) is 2.31. The number of pyridine rings is 1. The number of carbonyl (C=O) groups is 2. The van der Waals surface area contributed by atoms with Crippen LogP contribution in [-0.4, -0.2) is 59.0 Å². The molecule has 3 atom stereocenters. The molecule has 8 nitrogen and oxygen atoms in total. The number of amides is 1. The fourth-order valence-electron chi connectivity index (χ4n) is 5.31. The molecule has 1 saturated heterocycles. The number of likely N-dealkylation sites (tertiary alicyclic amines) is 1. The normalized spacial score (nSPS) is 22.0. The quantitative estimate of drug-likeness (QED) is 0.421. The predicted molar refractivity (Wildman–Crippen MR) is 142 cm³/mol. The lowest BCUT2D eigenvalue weighted by Crippen LogP contribution is -2.44. The molecule has 2 aromatic rings. The number of carbonyl (C=O) groups excluding carboxylic acids is 2. The van der Waals surface area contributed by atoms with E-state index < -0.39 is 18.2 Å². The molecular weight excluding hydrogens is 485 g/mol. The number of halogens is 1. The van der Waals surface area contributed by atoms with Crippen molar-refractivity contribution < 1.29 is 19.1 Å². The number of benzene rings is 1. The van der Waals surface area contributed by atoms with Crippen molar-refractivity contribution in [2.75, 3.05) is 18.5 Å². The fraction of sp³-hybridized carbons (Fsp3) is 0.517. The monoisotopic (exact) mass is 521 g/mol. The largest absolute Gasteiger partial charge is 0.391 e. The molecule has 1 amide bonds. The number of rotatable bonds is 7. The van der Waals surface area contributed by atoms with Crippen molar-refractivity contribution in [2.45, 2.75) is 81.5 Å². The van der Waals surface area contributed by atoms with E-state index in [1.165, 1.54) is 11.3 Å². The van der Waals surface area contributed by atoms with Crippen molar-refractivity contribution in [1.29, 1.82) is 5.26 Å². The van der Waals surface area contributed by atoms with Crippen LogP contribution in [0.15, 0.2) is 42.7 Å². The van der Waals surface area contributed by atoms with Crippen molar-refractivity contribution in [2.24, 2.45) is 0 Å². The van der Waals surface area contributed by atoms with E-state index in [1.54, 1.807) is 18.5 Å². The lowest BCUT2D eigenvalue weighted by atomic mass is 9.95. The molecule has 2 saturated carbocycles. The second-order valence-electron chi connectivity index (χ2n) is 10.5. The zero-order chi connectivity index (χ0) is 27.1. The van der Waals surface area contributed by atoms with Crippen LogP contribution in [0.4, 0.5) is 10.1 Å². The Bertz CT molecular complexity index is 1130. The highest BCUT2D eigenvalue weighted by Crippen LogP contribution is 2.42. The Morgan fingerprint density at radius 2 is 2.03 bits per heavy atom. The fourth-order valence-corrected chi connectivity index (χ4v) is 5.31. The average Bonchev–Trinajstić information content (AvgIpc) is 3.71. The summed E-state index contributed by atoms with van der Waals surface area (Å²) in [5.74, 6) is 0.140. The number of aliphatic hydroxyl groups is 1. The van der Waals surface area contributed by atoms with Gasteiger partial charge >= 0.3 is 0 Å². The zero-order valence-electron chi connectivity index (χ0n) is 21.8. The Balaban J connectivity index is 0.000000283. The average molecular weight is 522 g/mol. The highest BCUT2D eigenvalue weighted by Gasteiger charge is 2.31. The molecule has 3 aliphatic rings. The molecule has 0 spiro atoms. The lowest BCUT2D eigenvalue weighted by Gasteiger charge is -2.32. The van der Waals surface area contributed by atoms with Crippen molar-refractivity contribution in [3.63, 3.8) is 0 Å². The van der Waals surface area contributed by atoms with E-state index in [2.05, 4.69) is 10.3 Å². The van der Waals surface area contributed by atoms with Gasteiger partial charge in [0.1, 0.15) is 18.1 Å². The molecule has 1 aromatic carbocycles. The maximum atomic E-state index is 14.6. The van der Waals surface area contributed by atoms with E-state index >= 15 is 0 Å². The number of nitriles is 1. The highest BCUT2D eigenvalue weighted by molar-refractivity contribution is 5.86. The first-order chi connectivity index (χ1) is 18.4. The molecule has 9 heteroatoms. The third-order valence-corrected chi connectivity index (χ3v) is 7.60. The number of hydrogen-bond acceptors (Lipinski definition) is 7. The maximum absolute atomic E-state index is 14.6. The number of nitrogens with one attached hydrogen (secondary N) is 1. The Morgan fingerprint density at radius 3 is 2.61 bits per heavy atom. The summed E-state index contributed by atoms with van der Waals surface area (Å²) in [5, 5.41) is 20.6. The summed E-state index contributed by atoms with van der Waals surface area (Å²) in [7, 11) is 1.85. The molecule has 1 aromatic heterocycles. The minimum absolute atomic E-state index is 0.0472. The number of likely N-dealkylation sites (N-methyl/N-ethyl adjacent to an activating group) is 1. The van der Waals surface area contributed by atoms with Gasteiger partial charge in [-0.3, -0.25) is 14.7 Å². The molecule has 3 fully saturated rings. The molecule has 2 heterocycles. The minimum atomic E-state index is -0.540. The van der Waals surface area contributed by atoms with Crippen LogP contribution in [0.3, 0.4) is 0 Å². The second kappa shape index (κ2) is 12.8. The number of aldehydes is 1. The van der Waals surface area contributed by atoms with Crippen molar-refractivity contribution in [3.8, 4) is 6.19 Å². The van der Waals surface area contributed by atoms with Gasteiger partial charge in [0.2, 0.25) is 5.91 Å². The number of hydrogen-bond donors (Lipinski definition) is 2. The van der Waals surface area contributed by atoms with Crippen LogP contribution in [0.2, 0.25) is 0 Å². The van der Waals surface area contributed by atoms with Crippen LogP contribution in [0.1, 0.15) is 74.5 Å². The molecule has 2 N–H and O–H groups in total. The van der Waals surface area contributed by atoms with Crippen molar-refractivity contribution in [3.05, 3.63) is 59.7 Å². The summed E-state index contributed by atoms with van der Waals surface area (Å²) in [6.07, 6.45) is 13.6. The van der Waals surface area contributed by atoms with E-state index in [0.29, 0.717) is 30.9 Å². The van der Waals surface area contributed by atoms with Gasteiger partial charge in [0.15, 0.2) is 6.19 Å². The Morgan fingerprint density at radius 1 is 1.26 bits per heavy atom. The molecule has 0 bridgehead atoms. The molecule has 0 radical (unpaired) electrons. The molecule has 5 rings (SSSR count). The van der Waals surface area contributed by atoms with Gasteiger partial charge in [0, 0.05) is 43.2 Å². The summed E-state index contributed by atoms with van der Waals surface area (Å²) in [6.45, 7) is 0.292. The summed E-state index contributed by atoms with van der Waals surface area (Å²) < 4.78 is 14.6. The van der Waals surface area contributed by atoms with Crippen LogP contribution in [-0.2, 0) is 9.59 Å². The molecule has 202 valence electrons. The summed E-state index contributed by atoms with van der Waals surface area (Å²) in [6, 6.07) is 8.38. The van der Waals surface area contributed by atoms with E-state index in [-0.39, 0.29) is 17.8 Å². The molecule has 2 aliphatic carbocycles. The van der Waals surface area contributed by atoms with Gasteiger partial charge in [0.05, 0.1) is 18.7 Å². The van der Waals surface area contributed by atoms with Crippen LogP contribution in [0.25, 0.3) is 0 Å². The van der Waals surface area contributed by atoms with Crippen molar-refractivity contribution >= 4 is 17.9 Å². The first kappa shape index (κ1) is 27.5. The third kappa shape index (κ3) is 6.87. The number of aliphatic hydroxyl groups excluding tert-OH is 1. The number of β-amino-alcohol motifs (C(OH)–C–C–N with tert-alkyl or cyclic N) is 1. The predicted octanol–water partition coefficient (Wildman–Crippen LogP) is 3.83. The van der Waals surface area contributed by atoms with Gasteiger partial charge in [0.25, 0.3) is 0 Å². The van der Waals surface area contributed by atoms with Crippen LogP contribution >= 0.6 is 0 Å². The SMILES string of the molecule is CN(c1ccc(C2CC2)c(F)c1)C(C(=O)NC1CCCCC1)c1cccnc1.N#CN1CC(O)CC1C=O. The van der Waals surface area contributed by atoms with Gasteiger partial charge in [-0.15, -0.1) is 0 Å². The van der Waals surface area contributed by atoms with E-state index in [9.17, 15) is 14.0 Å². The Labute approximate surface area is 223 Å². The third-order valence-electron chi connectivity index (χ3n) is 7.60. The summed E-state index contributed by atoms with van der Waals surface area (Å²) in [4.78, 5) is 30.8.